The minimum Gasteiger partial charge on any atom is -0.299 e. The van der Waals surface area contributed by atoms with E-state index in [0.717, 1.165) is 23.9 Å². The summed E-state index contributed by atoms with van der Waals surface area (Å²) in [5.41, 5.74) is 3.93. The molecule has 2 N–H and O–H groups in total. The lowest BCUT2D eigenvalue weighted by molar-refractivity contribution is -0.124. The number of nitrogens with zero attached hydrogens (tertiary/aromatic N) is 1. The van der Waals surface area contributed by atoms with E-state index in [1.807, 2.05) is 0 Å². The third-order valence-electron chi connectivity index (χ3n) is 6.41. The molecular weight excluding hydrogens is 348 g/mol. The van der Waals surface area contributed by atoms with E-state index in [-0.39, 0.29) is 0 Å². The van der Waals surface area contributed by atoms with Crippen molar-refractivity contribution in [2.24, 2.45) is 11.8 Å². The average molecular weight is 385 g/mol. The van der Waals surface area contributed by atoms with Gasteiger partial charge in [0.2, 0.25) is 0 Å². The van der Waals surface area contributed by atoms with Crippen molar-refractivity contribution in [2.45, 2.75) is 70.8 Å². The maximum absolute atomic E-state index is 11.1. The molecule has 154 valence electrons. The number of carbonyl (C=O) groups excluding carboxylic acids is 1. The summed E-state index contributed by atoms with van der Waals surface area (Å²) in [6, 6.07) is 8.45. The lowest BCUT2D eigenvalue weighted by Gasteiger charge is -2.33. The Hall–Kier alpha value is -1.65. The van der Waals surface area contributed by atoms with Gasteiger partial charge in [0, 0.05) is 25.7 Å². The van der Waals surface area contributed by atoms with Crippen molar-refractivity contribution in [3.05, 3.63) is 41.5 Å². The zero-order valence-corrected chi connectivity index (χ0v) is 17.1. The molecule has 2 fully saturated rings. The zero-order chi connectivity index (χ0) is 19.6. The fourth-order valence-corrected chi connectivity index (χ4v) is 4.87. The average Bonchev–Trinajstić information content (AvgIpc) is 2.74. The van der Waals surface area contributed by atoms with Crippen LogP contribution in [0.15, 0.2) is 30.3 Å². The molecule has 1 aromatic rings. The molecule has 1 aromatic carbocycles. The van der Waals surface area contributed by atoms with Crippen LogP contribution in [0.25, 0.3) is 6.08 Å². The van der Waals surface area contributed by atoms with Crippen LogP contribution in [0, 0.1) is 11.8 Å². The van der Waals surface area contributed by atoms with Gasteiger partial charge in [-0.15, -0.1) is 0 Å². The van der Waals surface area contributed by atoms with Crippen LogP contribution in [-0.4, -0.2) is 29.1 Å². The third kappa shape index (κ3) is 7.06. The smallest absolute Gasteiger partial charge is 0.267 e. The summed E-state index contributed by atoms with van der Waals surface area (Å²) in [5, 5.41) is 8.57. The van der Waals surface area contributed by atoms with Gasteiger partial charge in [-0.3, -0.25) is 14.9 Å². The number of hydrogen-bond acceptors (Lipinski definition) is 3. The second-order valence-corrected chi connectivity index (χ2v) is 8.75. The molecule has 0 aromatic heterocycles. The second-order valence-electron chi connectivity index (χ2n) is 8.75. The van der Waals surface area contributed by atoms with E-state index < -0.39 is 5.91 Å². The number of rotatable bonds is 8. The third-order valence-corrected chi connectivity index (χ3v) is 6.41. The van der Waals surface area contributed by atoms with E-state index in [2.05, 4.69) is 29.2 Å². The summed E-state index contributed by atoms with van der Waals surface area (Å²) in [7, 11) is 0. The van der Waals surface area contributed by atoms with E-state index in [1.54, 1.807) is 11.6 Å². The van der Waals surface area contributed by atoms with Gasteiger partial charge in [0.1, 0.15) is 0 Å². The highest BCUT2D eigenvalue weighted by Gasteiger charge is 2.21. The van der Waals surface area contributed by atoms with Crippen molar-refractivity contribution in [3.63, 3.8) is 0 Å². The van der Waals surface area contributed by atoms with Crippen LogP contribution in [-0.2, 0) is 11.3 Å². The van der Waals surface area contributed by atoms with Gasteiger partial charge in [-0.2, -0.15) is 0 Å². The first-order valence-corrected chi connectivity index (χ1v) is 11.2. The topological polar surface area (TPSA) is 52.6 Å². The summed E-state index contributed by atoms with van der Waals surface area (Å²) in [6.45, 7) is 3.51. The van der Waals surface area contributed by atoms with Gasteiger partial charge in [-0.25, -0.2) is 5.48 Å². The van der Waals surface area contributed by atoms with Crippen molar-refractivity contribution >= 4 is 12.0 Å². The molecule has 0 aliphatic heterocycles. The lowest BCUT2D eigenvalue weighted by atomic mass is 9.86. The Morgan fingerprint density at radius 3 is 1.96 bits per heavy atom. The van der Waals surface area contributed by atoms with E-state index >= 15 is 0 Å². The number of benzene rings is 1. The highest BCUT2D eigenvalue weighted by molar-refractivity contribution is 5.90. The summed E-state index contributed by atoms with van der Waals surface area (Å²) in [4.78, 5) is 13.8. The minimum atomic E-state index is -0.504. The Balaban J connectivity index is 1.60. The predicted molar refractivity (Wildman–Crippen MR) is 114 cm³/mol. The SMILES string of the molecule is O=C(/C=C/c1ccc(CN(CC2CCCCC2)CC2CCCCC2)cc1)NO. The van der Waals surface area contributed by atoms with Crippen LogP contribution >= 0.6 is 0 Å². The van der Waals surface area contributed by atoms with Gasteiger partial charge in [0.05, 0.1) is 0 Å². The molecule has 0 heterocycles. The van der Waals surface area contributed by atoms with Crippen LogP contribution in [0.4, 0.5) is 0 Å². The highest BCUT2D eigenvalue weighted by atomic mass is 16.5. The molecule has 0 atom stereocenters. The first-order valence-electron chi connectivity index (χ1n) is 11.2. The Bertz CT molecular complexity index is 594. The quantitative estimate of drug-likeness (QED) is 0.369. The number of nitrogens with one attached hydrogen (secondary N) is 1. The van der Waals surface area contributed by atoms with Gasteiger partial charge < -0.3 is 0 Å². The first-order chi connectivity index (χ1) is 13.7. The minimum absolute atomic E-state index is 0.504. The highest BCUT2D eigenvalue weighted by Crippen LogP contribution is 2.28. The largest absolute Gasteiger partial charge is 0.299 e. The van der Waals surface area contributed by atoms with Crippen LogP contribution in [0.2, 0.25) is 0 Å². The van der Waals surface area contributed by atoms with Crippen LogP contribution in [0.1, 0.15) is 75.3 Å². The fourth-order valence-electron chi connectivity index (χ4n) is 4.87. The van der Waals surface area contributed by atoms with Gasteiger partial charge in [-0.1, -0.05) is 62.8 Å². The second kappa shape index (κ2) is 11.4. The van der Waals surface area contributed by atoms with Crippen LogP contribution in [0.3, 0.4) is 0 Å². The molecule has 2 aliphatic carbocycles. The first kappa shape index (κ1) is 21.1. The lowest BCUT2D eigenvalue weighted by Crippen LogP contribution is -2.35. The number of amides is 1. The molecule has 0 spiro atoms. The molecule has 4 heteroatoms. The number of carbonyl (C=O) groups is 1. The molecule has 0 unspecified atom stereocenters. The van der Waals surface area contributed by atoms with E-state index in [0.29, 0.717) is 0 Å². The summed E-state index contributed by atoms with van der Waals surface area (Å²) >= 11 is 0. The molecule has 0 radical (unpaired) electrons. The van der Waals surface area contributed by atoms with Crippen LogP contribution < -0.4 is 5.48 Å². The number of hydroxylamine groups is 1. The van der Waals surface area contributed by atoms with Crippen molar-refractivity contribution in [2.75, 3.05) is 13.1 Å². The predicted octanol–water partition coefficient (Wildman–Crippen LogP) is 5.17. The standard InChI is InChI=1S/C24H36N2O2/c27-24(25-28)16-15-20-11-13-23(14-12-20)19-26(17-21-7-3-1-4-8-21)18-22-9-5-2-6-10-22/h11-16,21-22,28H,1-10,17-19H2,(H,25,27)/b16-15+. The van der Waals surface area contributed by atoms with Gasteiger partial charge in [0.15, 0.2) is 0 Å². The summed E-state index contributed by atoms with van der Waals surface area (Å²) in [6.07, 6.45) is 17.1. The normalized spacial score (nSPS) is 19.4. The fraction of sp³-hybridized carbons (Fsp3) is 0.625. The number of hydrogen-bond donors (Lipinski definition) is 2. The molecule has 3 rings (SSSR count). The van der Waals surface area contributed by atoms with Gasteiger partial charge in [-0.05, 0) is 54.7 Å². The Labute approximate surface area is 170 Å². The van der Waals surface area contributed by atoms with Crippen molar-refractivity contribution in [1.82, 2.24) is 10.4 Å². The molecule has 2 aliphatic rings. The molecule has 1 amide bonds. The van der Waals surface area contributed by atoms with Crippen LogP contribution in [0.5, 0.6) is 0 Å². The van der Waals surface area contributed by atoms with Gasteiger partial charge in [0.25, 0.3) is 5.91 Å². The van der Waals surface area contributed by atoms with Gasteiger partial charge >= 0.3 is 0 Å². The monoisotopic (exact) mass is 384 g/mol. The Morgan fingerprint density at radius 1 is 0.929 bits per heavy atom. The maximum Gasteiger partial charge on any atom is 0.267 e. The Morgan fingerprint density at radius 2 is 1.46 bits per heavy atom. The van der Waals surface area contributed by atoms with E-state index in [4.69, 9.17) is 5.21 Å². The van der Waals surface area contributed by atoms with Crippen molar-refractivity contribution < 1.29 is 10.0 Å². The zero-order valence-electron chi connectivity index (χ0n) is 17.1. The maximum atomic E-state index is 11.1. The molecule has 4 nitrogen and oxygen atoms in total. The molecule has 2 saturated carbocycles. The molecular formula is C24H36N2O2. The van der Waals surface area contributed by atoms with E-state index in [1.165, 1.54) is 88.9 Å². The molecule has 0 saturated heterocycles. The molecule has 0 bridgehead atoms. The Kier molecular flexibility index (Phi) is 8.56. The van der Waals surface area contributed by atoms with E-state index in [9.17, 15) is 4.79 Å². The van der Waals surface area contributed by atoms with Crippen molar-refractivity contribution in [1.29, 1.82) is 0 Å². The molecule has 28 heavy (non-hydrogen) atoms. The summed E-state index contributed by atoms with van der Waals surface area (Å²) < 4.78 is 0. The summed E-state index contributed by atoms with van der Waals surface area (Å²) in [5.74, 6) is 1.24. The van der Waals surface area contributed by atoms with Crippen molar-refractivity contribution in [3.8, 4) is 0 Å².